The number of carbonyl (C=O) groups is 1. The van der Waals surface area contributed by atoms with Gasteiger partial charge in [-0.25, -0.2) is 0 Å². The van der Waals surface area contributed by atoms with Crippen LogP contribution >= 0.6 is 11.6 Å². The monoisotopic (exact) mass is 302 g/mol. The molecule has 0 spiro atoms. The third-order valence-electron chi connectivity index (χ3n) is 3.81. The Morgan fingerprint density at radius 3 is 2.86 bits per heavy atom. The Balaban J connectivity index is 1.85. The van der Waals surface area contributed by atoms with Crippen molar-refractivity contribution < 1.29 is 9.53 Å². The van der Waals surface area contributed by atoms with Crippen LogP contribution in [0.15, 0.2) is 42.7 Å². The zero-order valence-electron chi connectivity index (χ0n) is 11.6. The van der Waals surface area contributed by atoms with E-state index in [4.69, 9.17) is 16.3 Å². The van der Waals surface area contributed by atoms with Crippen molar-refractivity contribution in [3.63, 3.8) is 0 Å². The molecule has 0 bridgehead atoms. The van der Waals surface area contributed by atoms with E-state index in [1.807, 2.05) is 24.3 Å². The molecule has 3 rings (SSSR count). The van der Waals surface area contributed by atoms with E-state index in [-0.39, 0.29) is 5.91 Å². The van der Waals surface area contributed by atoms with Crippen LogP contribution in [0.5, 0.6) is 5.75 Å². The number of halogens is 1. The molecule has 1 heterocycles. The summed E-state index contributed by atoms with van der Waals surface area (Å²) in [5.74, 6) is 0.552. The number of hydrogen-bond acceptors (Lipinski definition) is 3. The lowest BCUT2D eigenvalue weighted by atomic mass is 9.95. The predicted octanol–water partition coefficient (Wildman–Crippen LogP) is 3.41. The van der Waals surface area contributed by atoms with Crippen LogP contribution in [0.1, 0.15) is 18.4 Å². The van der Waals surface area contributed by atoms with Crippen LogP contribution in [0, 0.1) is 0 Å². The normalized spacial score (nSPS) is 15.3. The van der Waals surface area contributed by atoms with Crippen LogP contribution in [0.25, 0.3) is 0 Å². The summed E-state index contributed by atoms with van der Waals surface area (Å²) >= 11 is 6.03. The van der Waals surface area contributed by atoms with E-state index in [0.29, 0.717) is 16.5 Å². The molecule has 0 unspecified atom stereocenters. The molecule has 2 aromatic rings. The number of anilines is 1. The number of aromatic nitrogens is 1. The van der Waals surface area contributed by atoms with Gasteiger partial charge in [-0.3, -0.25) is 9.78 Å². The molecule has 0 aliphatic heterocycles. The zero-order valence-corrected chi connectivity index (χ0v) is 12.4. The molecule has 1 aromatic carbocycles. The molecule has 108 valence electrons. The molecule has 1 fully saturated rings. The van der Waals surface area contributed by atoms with Gasteiger partial charge in [0, 0.05) is 17.3 Å². The van der Waals surface area contributed by atoms with Crippen LogP contribution in [0.2, 0.25) is 5.02 Å². The van der Waals surface area contributed by atoms with E-state index in [1.54, 1.807) is 25.6 Å². The van der Waals surface area contributed by atoms with Crippen LogP contribution in [-0.2, 0) is 10.2 Å². The Morgan fingerprint density at radius 1 is 1.38 bits per heavy atom. The summed E-state index contributed by atoms with van der Waals surface area (Å²) in [6.07, 6.45) is 4.85. The Hall–Kier alpha value is -2.07. The number of hydrogen-bond donors (Lipinski definition) is 1. The van der Waals surface area contributed by atoms with Crippen molar-refractivity contribution in [2.45, 2.75) is 18.3 Å². The van der Waals surface area contributed by atoms with E-state index in [2.05, 4.69) is 10.3 Å². The van der Waals surface area contributed by atoms with Crippen molar-refractivity contribution in [2.24, 2.45) is 0 Å². The summed E-state index contributed by atoms with van der Waals surface area (Å²) in [4.78, 5) is 16.7. The van der Waals surface area contributed by atoms with Gasteiger partial charge >= 0.3 is 0 Å². The summed E-state index contributed by atoms with van der Waals surface area (Å²) in [6.45, 7) is 0. The first kappa shape index (κ1) is 13.9. The van der Waals surface area contributed by atoms with Gasteiger partial charge in [-0.15, -0.1) is 0 Å². The lowest BCUT2D eigenvalue weighted by Gasteiger charge is -2.17. The van der Waals surface area contributed by atoms with Gasteiger partial charge in [-0.1, -0.05) is 23.7 Å². The zero-order chi connectivity index (χ0) is 14.9. The largest absolute Gasteiger partial charge is 0.494 e. The number of rotatable bonds is 4. The minimum atomic E-state index is -0.480. The number of nitrogens with one attached hydrogen (secondary N) is 1. The smallest absolute Gasteiger partial charge is 0.235 e. The molecule has 1 aliphatic carbocycles. The molecule has 1 N–H and O–H groups in total. The van der Waals surface area contributed by atoms with Crippen LogP contribution in [0.3, 0.4) is 0 Å². The van der Waals surface area contributed by atoms with E-state index in [9.17, 15) is 4.79 Å². The fraction of sp³-hybridized carbons (Fsp3) is 0.250. The maximum atomic E-state index is 12.6. The maximum absolute atomic E-state index is 12.6. The third-order valence-corrected chi connectivity index (χ3v) is 4.05. The van der Waals surface area contributed by atoms with Gasteiger partial charge in [0.05, 0.1) is 18.7 Å². The summed E-state index contributed by atoms with van der Waals surface area (Å²) < 4.78 is 5.23. The Morgan fingerprint density at radius 2 is 2.19 bits per heavy atom. The quantitative estimate of drug-likeness (QED) is 0.941. The topological polar surface area (TPSA) is 51.2 Å². The lowest BCUT2D eigenvalue weighted by molar-refractivity contribution is -0.118. The molecular formula is C16H15ClN2O2. The van der Waals surface area contributed by atoms with Gasteiger partial charge in [0.25, 0.3) is 0 Å². The van der Waals surface area contributed by atoms with Crippen molar-refractivity contribution in [1.82, 2.24) is 4.98 Å². The summed E-state index contributed by atoms with van der Waals surface area (Å²) in [5.41, 5.74) is 1.06. The number of pyridine rings is 1. The van der Waals surface area contributed by atoms with Gasteiger partial charge in [0.15, 0.2) is 0 Å². The number of carbonyl (C=O) groups excluding carboxylic acids is 1. The third kappa shape index (κ3) is 2.59. The van der Waals surface area contributed by atoms with Crippen LogP contribution < -0.4 is 10.1 Å². The van der Waals surface area contributed by atoms with Crippen molar-refractivity contribution >= 4 is 23.2 Å². The fourth-order valence-electron chi connectivity index (χ4n) is 2.45. The van der Waals surface area contributed by atoms with E-state index >= 15 is 0 Å². The highest BCUT2D eigenvalue weighted by molar-refractivity contribution is 6.30. The molecule has 1 saturated carbocycles. The Labute approximate surface area is 128 Å². The number of methoxy groups -OCH3 is 1. The average Bonchev–Trinajstić information content (AvgIpc) is 3.29. The first-order chi connectivity index (χ1) is 10.2. The first-order valence-corrected chi connectivity index (χ1v) is 7.09. The Bertz CT molecular complexity index is 683. The number of ether oxygens (including phenoxy) is 1. The standard InChI is InChI=1S/C16H15ClN2O2/c1-21-14-5-8-18-10-13(14)19-15(20)16(6-7-16)11-3-2-4-12(17)9-11/h2-5,8-10H,6-7H2,1H3,(H,19,20). The van der Waals surface area contributed by atoms with Crippen molar-refractivity contribution in [1.29, 1.82) is 0 Å². The highest BCUT2D eigenvalue weighted by atomic mass is 35.5. The first-order valence-electron chi connectivity index (χ1n) is 6.71. The van der Waals surface area contributed by atoms with Crippen LogP contribution in [-0.4, -0.2) is 18.0 Å². The molecule has 4 nitrogen and oxygen atoms in total. The van der Waals surface area contributed by atoms with Crippen molar-refractivity contribution in [3.8, 4) is 5.75 Å². The number of amides is 1. The highest BCUT2D eigenvalue weighted by Gasteiger charge is 2.51. The van der Waals surface area contributed by atoms with E-state index in [0.717, 1.165) is 18.4 Å². The van der Waals surface area contributed by atoms with E-state index < -0.39 is 5.41 Å². The van der Waals surface area contributed by atoms with Gasteiger partial charge in [-0.05, 0) is 30.5 Å². The molecule has 1 aromatic heterocycles. The lowest BCUT2D eigenvalue weighted by Crippen LogP contribution is -2.28. The minimum absolute atomic E-state index is 0.0453. The van der Waals surface area contributed by atoms with Gasteiger partial charge < -0.3 is 10.1 Å². The summed E-state index contributed by atoms with van der Waals surface area (Å²) in [7, 11) is 1.56. The van der Waals surface area contributed by atoms with E-state index in [1.165, 1.54) is 0 Å². The average molecular weight is 303 g/mol. The molecule has 1 amide bonds. The molecule has 0 radical (unpaired) electrons. The molecule has 21 heavy (non-hydrogen) atoms. The van der Waals surface area contributed by atoms with Crippen molar-refractivity contribution in [2.75, 3.05) is 12.4 Å². The highest BCUT2D eigenvalue weighted by Crippen LogP contribution is 2.49. The second kappa shape index (κ2) is 5.37. The number of nitrogens with zero attached hydrogens (tertiary/aromatic N) is 1. The predicted molar refractivity (Wildman–Crippen MR) is 81.8 cm³/mol. The van der Waals surface area contributed by atoms with Crippen LogP contribution in [0.4, 0.5) is 5.69 Å². The van der Waals surface area contributed by atoms with Crippen molar-refractivity contribution in [3.05, 3.63) is 53.3 Å². The SMILES string of the molecule is COc1ccncc1NC(=O)C1(c2cccc(Cl)c2)CC1. The van der Waals surface area contributed by atoms with Gasteiger partial charge in [-0.2, -0.15) is 0 Å². The Kier molecular flexibility index (Phi) is 3.55. The van der Waals surface area contributed by atoms with Gasteiger partial charge in [0.2, 0.25) is 5.91 Å². The number of benzene rings is 1. The second-order valence-corrected chi connectivity index (χ2v) is 5.56. The summed E-state index contributed by atoms with van der Waals surface area (Å²) in [5, 5.41) is 3.56. The molecule has 1 aliphatic rings. The molecular weight excluding hydrogens is 288 g/mol. The minimum Gasteiger partial charge on any atom is -0.494 e. The second-order valence-electron chi connectivity index (χ2n) is 5.12. The molecule has 5 heteroatoms. The maximum Gasteiger partial charge on any atom is 0.235 e. The van der Waals surface area contributed by atoms with Gasteiger partial charge in [0.1, 0.15) is 11.4 Å². The molecule has 0 atom stereocenters. The summed E-state index contributed by atoms with van der Waals surface area (Å²) in [6, 6.07) is 9.20. The molecule has 0 saturated heterocycles. The fourth-order valence-corrected chi connectivity index (χ4v) is 2.64.